The van der Waals surface area contributed by atoms with Crippen molar-refractivity contribution >= 4 is 5.95 Å². The first-order valence-electron chi connectivity index (χ1n) is 5.75. The van der Waals surface area contributed by atoms with Crippen LogP contribution < -0.4 is 5.32 Å². The summed E-state index contributed by atoms with van der Waals surface area (Å²) in [6.07, 6.45) is 1.97. The largest absolute Gasteiger partial charge is 0.383 e. The third-order valence-electron chi connectivity index (χ3n) is 2.40. The number of methoxy groups -OCH3 is 1. The summed E-state index contributed by atoms with van der Waals surface area (Å²) in [5.74, 6) is 1.96. The van der Waals surface area contributed by atoms with Crippen LogP contribution in [0.2, 0.25) is 0 Å². The molecule has 0 aliphatic heterocycles. The van der Waals surface area contributed by atoms with Crippen LogP contribution in [0.15, 0.2) is 10.7 Å². The number of aryl methyl sites for hydroxylation is 2. The summed E-state index contributed by atoms with van der Waals surface area (Å²) >= 11 is 0. The molecule has 0 amide bonds. The van der Waals surface area contributed by atoms with Gasteiger partial charge in [-0.1, -0.05) is 5.16 Å². The number of hydrogen-bond acceptors (Lipinski definition) is 6. The van der Waals surface area contributed by atoms with Crippen LogP contribution in [0.1, 0.15) is 17.4 Å². The molecule has 18 heavy (non-hydrogen) atoms. The van der Waals surface area contributed by atoms with E-state index in [1.807, 2.05) is 17.7 Å². The van der Waals surface area contributed by atoms with Crippen LogP contribution in [-0.4, -0.2) is 33.4 Å². The van der Waals surface area contributed by atoms with Crippen molar-refractivity contribution in [3.8, 4) is 0 Å². The molecule has 0 fully saturated rings. The Balaban J connectivity index is 1.99. The summed E-state index contributed by atoms with van der Waals surface area (Å²) in [5.41, 5.74) is 0.954. The minimum absolute atomic E-state index is 0.463. The van der Waals surface area contributed by atoms with Crippen LogP contribution in [0, 0.1) is 13.8 Å². The highest BCUT2D eigenvalue weighted by Crippen LogP contribution is 2.09. The van der Waals surface area contributed by atoms with Crippen molar-refractivity contribution < 1.29 is 9.26 Å². The molecule has 98 valence electrons. The SMILES string of the molecule is COCCn1cc(C)nc1NCc1nc(C)no1. The lowest BCUT2D eigenvalue weighted by molar-refractivity contribution is 0.187. The predicted molar refractivity (Wildman–Crippen MR) is 65.2 cm³/mol. The molecule has 0 unspecified atom stereocenters. The quantitative estimate of drug-likeness (QED) is 0.829. The molecule has 0 bridgehead atoms. The second kappa shape index (κ2) is 5.63. The van der Waals surface area contributed by atoms with Crippen LogP contribution in [0.5, 0.6) is 0 Å². The molecule has 7 nitrogen and oxygen atoms in total. The standard InChI is InChI=1S/C11H17N5O2/c1-8-7-16(4-5-17-3)11(13-8)12-6-10-14-9(2)15-18-10/h7H,4-6H2,1-3H3,(H,12,13). The molecule has 0 aliphatic rings. The Morgan fingerprint density at radius 2 is 2.22 bits per heavy atom. The number of hydrogen-bond donors (Lipinski definition) is 1. The number of rotatable bonds is 6. The highest BCUT2D eigenvalue weighted by Gasteiger charge is 2.07. The summed E-state index contributed by atoms with van der Waals surface area (Å²) in [4.78, 5) is 8.51. The second-order valence-electron chi connectivity index (χ2n) is 3.98. The van der Waals surface area contributed by atoms with Gasteiger partial charge in [-0.15, -0.1) is 0 Å². The van der Waals surface area contributed by atoms with E-state index in [9.17, 15) is 0 Å². The predicted octanol–water partition coefficient (Wildman–Crippen LogP) is 1.14. The van der Waals surface area contributed by atoms with Gasteiger partial charge in [0, 0.05) is 19.9 Å². The highest BCUT2D eigenvalue weighted by molar-refractivity contribution is 5.28. The molecule has 0 saturated carbocycles. The smallest absolute Gasteiger partial charge is 0.246 e. The lowest BCUT2D eigenvalue weighted by Gasteiger charge is -2.07. The number of anilines is 1. The third kappa shape index (κ3) is 3.07. The maximum Gasteiger partial charge on any atom is 0.246 e. The van der Waals surface area contributed by atoms with Gasteiger partial charge in [0.1, 0.15) is 0 Å². The van der Waals surface area contributed by atoms with E-state index in [-0.39, 0.29) is 0 Å². The minimum atomic E-state index is 0.463. The molecular weight excluding hydrogens is 234 g/mol. The van der Waals surface area contributed by atoms with Crippen molar-refractivity contribution in [2.75, 3.05) is 19.0 Å². The summed E-state index contributed by atoms with van der Waals surface area (Å²) in [6.45, 7) is 5.60. The van der Waals surface area contributed by atoms with Crippen LogP contribution in [0.3, 0.4) is 0 Å². The van der Waals surface area contributed by atoms with Crippen molar-refractivity contribution in [1.29, 1.82) is 0 Å². The van der Waals surface area contributed by atoms with Crippen LogP contribution in [0.4, 0.5) is 5.95 Å². The van der Waals surface area contributed by atoms with Gasteiger partial charge in [0.15, 0.2) is 5.82 Å². The molecule has 1 N–H and O–H groups in total. The highest BCUT2D eigenvalue weighted by atomic mass is 16.5. The van der Waals surface area contributed by atoms with Gasteiger partial charge in [-0.3, -0.25) is 0 Å². The molecule has 0 aliphatic carbocycles. The molecule has 2 aromatic heterocycles. The van der Waals surface area contributed by atoms with Crippen LogP contribution >= 0.6 is 0 Å². The van der Waals surface area contributed by atoms with E-state index in [1.54, 1.807) is 14.0 Å². The summed E-state index contributed by atoms with van der Waals surface area (Å²) in [5, 5.41) is 6.91. The normalized spacial score (nSPS) is 10.8. The van der Waals surface area contributed by atoms with Gasteiger partial charge in [0.05, 0.1) is 18.8 Å². The van der Waals surface area contributed by atoms with Gasteiger partial charge in [-0.25, -0.2) is 4.98 Å². The third-order valence-corrected chi connectivity index (χ3v) is 2.40. The molecule has 0 atom stereocenters. The van der Waals surface area contributed by atoms with E-state index >= 15 is 0 Å². The van der Waals surface area contributed by atoms with E-state index in [0.717, 1.165) is 18.2 Å². The van der Waals surface area contributed by atoms with E-state index < -0.39 is 0 Å². The number of aromatic nitrogens is 4. The molecule has 7 heteroatoms. The number of ether oxygens (including phenoxy) is 1. The fourth-order valence-electron chi connectivity index (χ4n) is 1.61. The summed E-state index contributed by atoms with van der Waals surface area (Å²) < 4.78 is 12.1. The first kappa shape index (κ1) is 12.6. The number of imidazole rings is 1. The average molecular weight is 251 g/mol. The maximum absolute atomic E-state index is 5.06. The molecule has 2 heterocycles. The molecule has 2 aromatic rings. The van der Waals surface area contributed by atoms with Gasteiger partial charge in [-0.05, 0) is 13.8 Å². The van der Waals surface area contributed by atoms with Crippen LogP contribution in [-0.2, 0) is 17.8 Å². The molecule has 0 spiro atoms. The Hall–Kier alpha value is -1.89. The Morgan fingerprint density at radius 1 is 1.39 bits per heavy atom. The van der Waals surface area contributed by atoms with E-state index in [2.05, 4.69) is 20.4 Å². The zero-order chi connectivity index (χ0) is 13.0. The van der Waals surface area contributed by atoms with E-state index in [4.69, 9.17) is 9.26 Å². The Bertz CT molecular complexity index is 505. The average Bonchev–Trinajstić information content (AvgIpc) is 2.90. The number of nitrogens with zero attached hydrogens (tertiary/aromatic N) is 4. The maximum atomic E-state index is 5.06. The minimum Gasteiger partial charge on any atom is -0.383 e. The lowest BCUT2D eigenvalue weighted by atomic mass is 10.5. The van der Waals surface area contributed by atoms with Crippen molar-refractivity contribution in [2.45, 2.75) is 26.9 Å². The zero-order valence-electron chi connectivity index (χ0n) is 10.8. The molecule has 2 rings (SSSR count). The van der Waals surface area contributed by atoms with Crippen molar-refractivity contribution in [2.24, 2.45) is 0 Å². The fourth-order valence-corrected chi connectivity index (χ4v) is 1.61. The Morgan fingerprint density at radius 3 is 2.89 bits per heavy atom. The van der Waals surface area contributed by atoms with Crippen molar-refractivity contribution in [3.05, 3.63) is 23.6 Å². The monoisotopic (exact) mass is 251 g/mol. The Kier molecular flexibility index (Phi) is 3.93. The first-order chi connectivity index (χ1) is 8.69. The van der Waals surface area contributed by atoms with E-state index in [1.165, 1.54) is 0 Å². The van der Waals surface area contributed by atoms with Crippen LogP contribution in [0.25, 0.3) is 0 Å². The molecular formula is C11H17N5O2. The molecule has 0 radical (unpaired) electrons. The fraction of sp³-hybridized carbons (Fsp3) is 0.545. The van der Waals surface area contributed by atoms with Gasteiger partial charge < -0.3 is 19.1 Å². The molecule has 0 aromatic carbocycles. The second-order valence-corrected chi connectivity index (χ2v) is 3.98. The van der Waals surface area contributed by atoms with Gasteiger partial charge in [0.25, 0.3) is 0 Å². The van der Waals surface area contributed by atoms with Gasteiger partial charge in [-0.2, -0.15) is 4.98 Å². The summed E-state index contributed by atoms with van der Waals surface area (Å²) in [6, 6.07) is 0. The topological polar surface area (TPSA) is 78.0 Å². The molecule has 0 saturated heterocycles. The van der Waals surface area contributed by atoms with Gasteiger partial charge in [0.2, 0.25) is 11.8 Å². The zero-order valence-corrected chi connectivity index (χ0v) is 10.8. The Labute approximate surface area is 105 Å². The van der Waals surface area contributed by atoms with Crippen molar-refractivity contribution in [1.82, 2.24) is 19.7 Å². The summed E-state index contributed by atoms with van der Waals surface area (Å²) in [7, 11) is 1.68. The van der Waals surface area contributed by atoms with Gasteiger partial charge >= 0.3 is 0 Å². The lowest BCUT2D eigenvalue weighted by Crippen LogP contribution is -2.10. The van der Waals surface area contributed by atoms with Crippen molar-refractivity contribution in [3.63, 3.8) is 0 Å². The number of nitrogens with one attached hydrogen (secondary N) is 1. The first-order valence-corrected chi connectivity index (χ1v) is 5.75. The van der Waals surface area contributed by atoms with E-state index in [0.29, 0.717) is 24.9 Å².